The highest BCUT2D eigenvalue weighted by Crippen LogP contribution is 2.39. The van der Waals surface area contributed by atoms with Crippen molar-refractivity contribution in [2.75, 3.05) is 19.5 Å². The van der Waals surface area contributed by atoms with E-state index >= 15 is 0 Å². The predicted octanol–water partition coefficient (Wildman–Crippen LogP) is 5.75. The largest absolute Gasteiger partial charge is 0.495 e. The van der Waals surface area contributed by atoms with Gasteiger partial charge in [0, 0.05) is 17.2 Å². The van der Waals surface area contributed by atoms with Crippen LogP contribution in [-0.4, -0.2) is 24.4 Å². The zero-order valence-electron chi connectivity index (χ0n) is 16.8. The lowest BCUT2D eigenvalue weighted by Gasteiger charge is -2.20. The molecule has 0 saturated heterocycles. The van der Waals surface area contributed by atoms with Gasteiger partial charge in [0.25, 0.3) is 0 Å². The average Bonchev–Trinajstić information content (AvgIpc) is 3.29. The van der Waals surface area contributed by atoms with Gasteiger partial charge in [-0.1, -0.05) is 48.0 Å². The number of rotatable bonds is 7. The van der Waals surface area contributed by atoms with Crippen molar-refractivity contribution >= 4 is 17.3 Å². The molecular formula is C23H19ClFN3O3. The lowest BCUT2D eigenvalue weighted by molar-refractivity contribution is 0.395. The minimum atomic E-state index is -0.787. The van der Waals surface area contributed by atoms with E-state index < -0.39 is 11.9 Å². The molecule has 158 valence electrons. The van der Waals surface area contributed by atoms with E-state index in [0.29, 0.717) is 33.7 Å². The van der Waals surface area contributed by atoms with Crippen molar-refractivity contribution in [3.8, 4) is 23.0 Å². The zero-order chi connectivity index (χ0) is 21.8. The summed E-state index contributed by atoms with van der Waals surface area (Å²) in [5.41, 5.74) is 1.61. The fourth-order valence-electron chi connectivity index (χ4n) is 3.16. The molecule has 1 unspecified atom stereocenters. The van der Waals surface area contributed by atoms with Crippen LogP contribution in [0.3, 0.4) is 0 Å². The summed E-state index contributed by atoms with van der Waals surface area (Å²) in [7, 11) is 3.03. The quantitative estimate of drug-likeness (QED) is 0.395. The molecule has 1 aromatic heterocycles. The van der Waals surface area contributed by atoms with E-state index in [-0.39, 0.29) is 5.89 Å². The van der Waals surface area contributed by atoms with Crippen molar-refractivity contribution < 1.29 is 18.3 Å². The van der Waals surface area contributed by atoms with Crippen LogP contribution in [0.15, 0.2) is 71.1 Å². The Hall–Kier alpha value is -3.58. The predicted molar refractivity (Wildman–Crippen MR) is 116 cm³/mol. The van der Waals surface area contributed by atoms with Gasteiger partial charge in [-0.15, -0.1) is 10.2 Å². The van der Waals surface area contributed by atoms with Crippen molar-refractivity contribution in [3.63, 3.8) is 0 Å². The molecule has 4 rings (SSSR count). The molecule has 0 spiro atoms. The van der Waals surface area contributed by atoms with Crippen molar-refractivity contribution in [1.82, 2.24) is 10.2 Å². The van der Waals surface area contributed by atoms with Gasteiger partial charge in [-0.2, -0.15) is 0 Å². The van der Waals surface area contributed by atoms with Gasteiger partial charge < -0.3 is 19.2 Å². The first-order chi connectivity index (χ1) is 15.1. The molecule has 8 heteroatoms. The number of hydrogen-bond acceptors (Lipinski definition) is 6. The number of ether oxygens (including phenoxy) is 2. The number of benzene rings is 3. The number of hydrogen-bond donors (Lipinski definition) is 1. The maximum atomic E-state index is 14.7. The summed E-state index contributed by atoms with van der Waals surface area (Å²) in [5, 5.41) is 11.9. The monoisotopic (exact) mass is 439 g/mol. The van der Waals surface area contributed by atoms with Gasteiger partial charge in [0.05, 0.1) is 24.9 Å². The van der Waals surface area contributed by atoms with E-state index in [4.69, 9.17) is 25.5 Å². The lowest BCUT2D eigenvalue weighted by atomic mass is 10.1. The number of anilines is 1. The number of nitrogens with one attached hydrogen (secondary N) is 1. The topological polar surface area (TPSA) is 69.4 Å². The molecular weight excluding hydrogens is 421 g/mol. The molecule has 0 amide bonds. The minimum absolute atomic E-state index is 0.193. The molecule has 4 aromatic rings. The molecule has 0 aliphatic heterocycles. The molecule has 3 aromatic carbocycles. The summed E-state index contributed by atoms with van der Waals surface area (Å²) >= 11 is 6.30. The second kappa shape index (κ2) is 9.06. The first-order valence-corrected chi connectivity index (χ1v) is 9.79. The Kier molecular flexibility index (Phi) is 6.04. The van der Waals surface area contributed by atoms with Gasteiger partial charge in [-0.05, 0) is 24.3 Å². The molecule has 1 N–H and O–H groups in total. The first kappa shape index (κ1) is 20.7. The summed E-state index contributed by atoms with van der Waals surface area (Å²) in [6.07, 6.45) is 0. The van der Waals surface area contributed by atoms with Crippen molar-refractivity contribution in [2.24, 2.45) is 0 Å². The van der Waals surface area contributed by atoms with Crippen LogP contribution in [0, 0.1) is 5.82 Å². The molecule has 1 atom stereocenters. The van der Waals surface area contributed by atoms with E-state index in [9.17, 15) is 4.39 Å². The molecule has 0 bridgehead atoms. The molecule has 31 heavy (non-hydrogen) atoms. The maximum absolute atomic E-state index is 14.7. The normalized spacial score (nSPS) is 11.7. The summed E-state index contributed by atoms with van der Waals surface area (Å²) < 4.78 is 31.3. The molecule has 0 aliphatic rings. The van der Waals surface area contributed by atoms with Crippen LogP contribution in [0.5, 0.6) is 11.5 Å². The van der Waals surface area contributed by atoms with E-state index in [1.165, 1.54) is 20.3 Å². The first-order valence-electron chi connectivity index (χ1n) is 9.42. The minimum Gasteiger partial charge on any atom is -0.495 e. The number of halogens is 2. The third-order valence-electron chi connectivity index (χ3n) is 4.70. The Morgan fingerprint density at radius 3 is 2.35 bits per heavy atom. The van der Waals surface area contributed by atoms with Crippen LogP contribution in [0.2, 0.25) is 5.02 Å². The van der Waals surface area contributed by atoms with E-state index in [2.05, 4.69) is 15.5 Å². The standard InChI is InChI=1S/C23H19ClFN3O3/c1-29-19-13-20(30-2)18(12-16(19)24)26-21(15-10-6-7-11-17(15)25)23-28-27-22(31-23)14-8-4-3-5-9-14/h3-13,21,26H,1-2H3. The van der Waals surface area contributed by atoms with Crippen LogP contribution < -0.4 is 14.8 Å². The summed E-state index contributed by atoms with van der Waals surface area (Å²) in [5.74, 6) is 1.02. The summed E-state index contributed by atoms with van der Waals surface area (Å²) in [6, 6.07) is 18.2. The van der Waals surface area contributed by atoms with E-state index in [1.54, 1.807) is 30.3 Å². The maximum Gasteiger partial charge on any atom is 0.247 e. The van der Waals surface area contributed by atoms with E-state index in [0.717, 1.165) is 5.56 Å². The summed E-state index contributed by atoms with van der Waals surface area (Å²) in [4.78, 5) is 0. The van der Waals surface area contributed by atoms with E-state index in [1.807, 2.05) is 30.3 Å². The van der Waals surface area contributed by atoms with Crippen LogP contribution in [0.1, 0.15) is 17.5 Å². The number of methoxy groups -OCH3 is 2. The Bertz CT molecular complexity index is 1180. The Balaban J connectivity index is 1.78. The SMILES string of the molecule is COc1cc(OC)c(NC(c2nnc(-c3ccccc3)o2)c2ccccc2F)cc1Cl. The highest BCUT2D eigenvalue weighted by atomic mass is 35.5. The molecule has 6 nitrogen and oxygen atoms in total. The van der Waals surface area contributed by atoms with Gasteiger partial charge >= 0.3 is 0 Å². The van der Waals surface area contributed by atoms with Crippen LogP contribution in [0.4, 0.5) is 10.1 Å². The fourth-order valence-corrected chi connectivity index (χ4v) is 3.40. The molecule has 0 saturated carbocycles. The Morgan fingerprint density at radius 1 is 0.935 bits per heavy atom. The third kappa shape index (κ3) is 4.32. The van der Waals surface area contributed by atoms with Gasteiger partial charge in [0.15, 0.2) is 0 Å². The Morgan fingerprint density at radius 2 is 1.65 bits per heavy atom. The van der Waals surface area contributed by atoms with Gasteiger partial charge in [-0.25, -0.2) is 4.39 Å². The number of aromatic nitrogens is 2. The molecule has 0 radical (unpaired) electrons. The molecule has 1 heterocycles. The van der Waals surface area contributed by atoms with Crippen molar-refractivity contribution in [1.29, 1.82) is 0 Å². The second-order valence-corrected chi connectivity index (χ2v) is 7.00. The van der Waals surface area contributed by atoms with Crippen molar-refractivity contribution in [2.45, 2.75) is 6.04 Å². The zero-order valence-corrected chi connectivity index (χ0v) is 17.6. The lowest BCUT2D eigenvalue weighted by Crippen LogP contribution is -2.15. The van der Waals surface area contributed by atoms with Crippen molar-refractivity contribution in [3.05, 3.63) is 89.0 Å². The van der Waals surface area contributed by atoms with Crippen LogP contribution >= 0.6 is 11.6 Å². The van der Waals surface area contributed by atoms with Gasteiger partial charge in [0.2, 0.25) is 11.8 Å². The summed E-state index contributed by atoms with van der Waals surface area (Å²) in [6.45, 7) is 0. The average molecular weight is 440 g/mol. The highest BCUT2D eigenvalue weighted by Gasteiger charge is 2.26. The smallest absolute Gasteiger partial charge is 0.247 e. The van der Waals surface area contributed by atoms with Crippen LogP contribution in [-0.2, 0) is 0 Å². The Labute approximate surface area is 183 Å². The van der Waals surface area contributed by atoms with Gasteiger partial charge in [-0.3, -0.25) is 0 Å². The third-order valence-corrected chi connectivity index (χ3v) is 4.99. The molecule has 0 fully saturated rings. The van der Waals surface area contributed by atoms with Gasteiger partial charge in [0.1, 0.15) is 23.4 Å². The van der Waals surface area contributed by atoms with Crippen LogP contribution in [0.25, 0.3) is 11.5 Å². The number of nitrogens with zero attached hydrogens (tertiary/aromatic N) is 2. The second-order valence-electron chi connectivity index (χ2n) is 6.60. The highest BCUT2D eigenvalue weighted by molar-refractivity contribution is 6.32. The fraction of sp³-hybridized carbons (Fsp3) is 0.130. The molecule has 0 aliphatic carbocycles.